The van der Waals surface area contributed by atoms with Crippen molar-refractivity contribution in [2.24, 2.45) is 0 Å². The first-order chi connectivity index (χ1) is 46.6. The number of Topliss-reactive ketones (excluding diaryl/α,β-unsaturated/α-hetero) is 2. The summed E-state index contributed by atoms with van der Waals surface area (Å²) >= 11 is 0. The van der Waals surface area contributed by atoms with Gasteiger partial charge in [0.25, 0.3) is 0 Å². The number of nitrogens with zero attached hydrogens (tertiary/aromatic N) is 3. The van der Waals surface area contributed by atoms with Crippen LogP contribution in [-0.2, 0) is 19.2 Å². The average Bonchev–Trinajstić information content (AvgIpc) is 3.71. The second kappa shape index (κ2) is 80.4. The van der Waals surface area contributed by atoms with Gasteiger partial charge in [-0.2, -0.15) is 0 Å². The Labute approximate surface area is 593 Å². The number of carbonyl (C=O) groups excluding carboxylic acids is 5. The van der Waals surface area contributed by atoms with E-state index in [-0.39, 0.29) is 17.8 Å². The molecule has 0 aromatic rings. The standard InChI is InChI=1S/C51H101N3O3.C33H67N3O2/c1-5-9-12-15-18-21-24-26-29-32-35-38-49(55)40-44-54(45-41-50(56)39-36-33-30-27-25-22-19-16-13-10-6-2)48-47-53(8-4)46-42-51(57)52-43-37-34-31-28-23-20-17-14-11-7-3;1-4-7-10-12-14-16-18-20-22-24-28-34-32(37)27-31-36(30-26-9-6-3)33(38)35-29-25-23-21-19-17-15-13-11-8-5-2/h5-48H2,1-4H3,(H,52,57);4-31H2,1-3H3,(H,34,37)(H,35,38). The smallest absolute Gasteiger partial charge is 0.317 e. The zero-order valence-electron chi connectivity index (χ0n) is 65.3. The van der Waals surface area contributed by atoms with Crippen molar-refractivity contribution in [2.45, 2.75) is 440 Å². The maximum atomic E-state index is 12.9. The van der Waals surface area contributed by atoms with Crippen LogP contribution in [0.1, 0.15) is 440 Å². The summed E-state index contributed by atoms with van der Waals surface area (Å²) < 4.78 is 0. The van der Waals surface area contributed by atoms with Gasteiger partial charge in [-0.15, -0.1) is 0 Å². The molecule has 0 aliphatic carbocycles. The Morgan fingerprint density at radius 2 is 0.453 bits per heavy atom. The van der Waals surface area contributed by atoms with Gasteiger partial charge in [0.1, 0.15) is 11.6 Å². The van der Waals surface area contributed by atoms with E-state index in [0.717, 1.165) is 130 Å². The first-order valence-electron chi connectivity index (χ1n) is 42.7. The summed E-state index contributed by atoms with van der Waals surface area (Å²) in [5.74, 6) is 0.968. The SMILES string of the molecule is CCCCCCCCCCCCCC(=O)CCN(CCC(=O)CCCCCCCCCCCCC)CCN(CC)CCC(=O)NCCCCCCCCCCCC.CCCCCCCCCCCCNC(=O)CCN(CCCCC)C(=O)NCCCCCCCCCCCC. The van der Waals surface area contributed by atoms with E-state index in [4.69, 9.17) is 0 Å². The van der Waals surface area contributed by atoms with Crippen molar-refractivity contribution in [3.8, 4) is 0 Å². The third kappa shape index (κ3) is 75.5. The predicted octanol–water partition coefficient (Wildman–Crippen LogP) is 23.9. The second-order valence-electron chi connectivity index (χ2n) is 29.1. The number of rotatable bonds is 77. The number of hydrogen-bond acceptors (Lipinski definition) is 7. The van der Waals surface area contributed by atoms with E-state index in [0.29, 0.717) is 56.6 Å². The summed E-state index contributed by atoms with van der Waals surface area (Å²) in [5, 5.41) is 9.32. The molecule has 0 aliphatic rings. The van der Waals surface area contributed by atoms with E-state index in [1.807, 2.05) is 4.90 Å². The van der Waals surface area contributed by atoms with Gasteiger partial charge in [-0.05, 0) is 45.1 Å². The monoisotopic (exact) mass is 1340 g/mol. The zero-order valence-corrected chi connectivity index (χ0v) is 65.3. The molecule has 0 aromatic carbocycles. The molecule has 4 amide bonds. The summed E-state index contributed by atoms with van der Waals surface area (Å²) in [7, 11) is 0. The molecule has 0 rings (SSSR count). The molecule has 0 fully saturated rings. The Morgan fingerprint density at radius 3 is 0.758 bits per heavy atom. The van der Waals surface area contributed by atoms with E-state index < -0.39 is 0 Å². The first kappa shape index (κ1) is 94.5. The maximum Gasteiger partial charge on any atom is 0.317 e. The highest BCUT2D eigenvalue weighted by Crippen LogP contribution is 2.17. The van der Waals surface area contributed by atoms with Crippen LogP contribution in [0.5, 0.6) is 0 Å². The minimum atomic E-state index is -0.000443. The Morgan fingerprint density at radius 1 is 0.211 bits per heavy atom. The lowest BCUT2D eigenvalue weighted by Crippen LogP contribution is -2.42. The van der Waals surface area contributed by atoms with Crippen LogP contribution in [0, 0.1) is 0 Å². The lowest BCUT2D eigenvalue weighted by Gasteiger charge is -2.27. The maximum absolute atomic E-state index is 12.9. The third-order valence-corrected chi connectivity index (χ3v) is 19.8. The number of urea groups is 1. The first-order valence-corrected chi connectivity index (χ1v) is 42.7. The molecule has 0 radical (unpaired) electrons. The molecule has 11 nitrogen and oxygen atoms in total. The molecule has 11 heteroatoms. The Balaban J connectivity index is 0. The molecule has 0 bridgehead atoms. The molecule has 3 N–H and O–H groups in total. The van der Waals surface area contributed by atoms with E-state index >= 15 is 0 Å². The zero-order chi connectivity index (χ0) is 69.7. The fourth-order valence-corrected chi connectivity index (χ4v) is 13.0. The summed E-state index contributed by atoms with van der Waals surface area (Å²) in [6, 6.07) is -0.000443. The van der Waals surface area contributed by atoms with Crippen molar-refractivity contribution >= 4 is 29.4 Å². The van der Waals surface area contributed by atoms with Crippen LogP contribution in [-0.4, -0.2) is 116 Å². The Hall–Kier alpha value is -2.53. The van der Waals surface area contributed by atoms with Crippen molar-refractivity contribution in [3.05, 3.63) is 0 Å². The minimum absolute atomic E-state index is 0.000443. The number of amides is 4. The van der Waals surface area contributed by atoms with E-state index in [9.17, 15) is 24.0 Å². The van der Waals surface area contributed by atoms with E-state index in [2.05, 4.69) is 74.2 Å². The van der Waals surface area contributed by atoms with Gasteiger partial charge < -0.3 is 30.7 Å². The predicted molar refractivity (Wildman–Crippen MR) is 415 cm³/mol. The molecule has 0 spiro atoms. The number of hydrogen-bond donors (Lipinski definition) is 3. The topological polar surface area (TPSA) is 131 Å². The lowest BCUT2D eigenvalue weighted by molar-refractivity contribution is -0.122. The molecular formula is C84H168N6O5. The molecule has 0 atom stereocenters. The number of unbranched alkanes of at least 4 members (excludes halogenated alkanes) is 49. The van der Waals surface area contributed by atoms with Gasteiger partial charge in [0.15, 0.2) is 0 Å². The van der Waals surface area contributed by atoms with Crippen LogP contribution in [0.3, 0.4) is 0 Å². The van der Waals surface area contributed by atoms with Crippen LogP contribution < -0.4 is 16.0 Å². The van der Waals surface area contributed by atoms with Crippen molar-refractivity contribution in [3.63, 3.8) is 0 Å². The van der Waals surface area contributed by atoms with Crippen LogP contribution in [0.4, 0.5) is 4.79 Å². The van der Waals surface area contributed by atoms with Gasteiger partial charge in [0, 0.05) is 104 Å². The number of nitrogens with one attached hydrogen (secondary N) is 3. The normalized spacial score (nSPS) is 11.4. The number of likely N-dealkylation sites (N-methyl/N-ethyl adjacent to an activating group) is 1. The molecule has 0 saturated heterocycles. The quantitative estimate of drug-likeness (QED) is 0.0517. The summed E-state index contributed by atoms with van der Waals surface area (Å²) in [5.41, 5.74) is 0. The van der Waals surface area contributed by atoms with Gasteiger partial charge in [0.2, 0.25) is 11.8 Å². The Bertz CT molecular complexity index is 1560. The van der Waals surface area contributed by atoms with E-state index in [1.54, 1.807) is 0 Å². The van der Waals surface area contributed by atoms with Crippen molar-refractivity contribution in [1.82, 2.24) is 30.7 Å². The lowest BCUT2D eigenvalue weighted by atomic mass is 10.0. The van der Waals surface area contributed by atoms with E-state index in [1.165, 1.54) is 289 Å². The van der Waals surface area contributed by atoms with Gasteiger partial charge in [-0.25, -0.2) is 4.79 Å². The fraction of sp³-hybridized carbons (Fsp3) is 0.940. The molecule has 95 heavy (non-hydrogen) atoms. The molecular weight excluding hydrogens is 1170 g/mol. The van der Waals surface area contributed by atoms with Crippen LogP contribution in [0.2, 0.25) is 0 Å². The van der Waals surface area contributed by atoms with Crippen molar-refractivity contribution in [1.29, 1.82) is 0 Å². The van der Waals surface area contributed by atoms with Gasteiger partial charge >= 0.3 is 6.03 Å². The highest BCUT2D eigenvalue weighted by molar-refractivity contribution is 5.79. The van der Waals surface area contributed by atoms with Gasteiger partial charge in [0.05, 0.1) is 0 Å². The molecule has 564 valence electrons. The summed E-state index contributed by atoms with van der Waals surface area (Å²) in [6.07, 6.45) is 74.4. The summed E-state index contributed by atoms with van der Waals surface area (Å²) in [6.45, 7) is 24.1. The highest BCUT2D eigenvalue weighted by Gasteiger charge is 2.16. The van der Waals surface area contributed by atoms with Crippen LogP contribution in [0.15, 0.2) is 0 Å². The van der Waals surface area contributed by atoms with Crippen LogP contribution in [0.25, 0.3) is 0 Å². The van der Waals surface area contributed by atoms with Crippen molar-refractivity contribution in [2.75, 3.05) is 72.0 Å². The van der Waals surface area contributed by atoms with Gasteiger partial charge in [-0.3, -0.25) is 19.2 Å². The summed E-state index contributed by atoms with van der Waals surface area (Å²) in [4.78, 5) is 70.1. The number of ketones is 2. The largest absolute Gasteiger partial charge is 0.356 e. The van der Waals surface area contributed by atoms with Crippen molar-refractivity contribution < 1.29 is 24.0 Å². The molecule has 0 unspecified atom stereocenters. The second-order valence-corrected chi connectivity index (χ2v) is 29.1. The molecule has 0 saturated carbocycles. The average molecular weight is 1340 g/mol. The minimum Gasteiger partial charge on any atom is -0.356 e. The number of carbonyl (C=O) groups is 5. The third-order valence-electron chi connectivity index (χ3n) is 19.8. The molecule has 0 aliphatic heterocycles. The fourth-order valence-electron chi connectivity index (χ4n) is 13.0. The molecule has 0 heterocycles. The van der Waals surface area contributed by atoms with Gasteiger partial charge in [-0.1, -0.05) is 363 Å². The highest BCUT2D eigenvalue weighted by atomic mass is 16.2. The van der Waals surface area contributed by atoms with Crippen LogP contribution >= 0.6 is 0 Å². The molecule has 0 aromatic heterocycles. The Kier molecular flexibility index (Phi) is 80.0.